The summed E-state index contributed by atoms with van der Waals surface area (Å²) in [5.74, 6) is 0.478. The molecule has 0 spiro atoms. The highest BCUT2D eigenvalue weighted by Gasteiger charge is 2.44. The Morgan fingerprint density at radius 2 is 1.81 bits per heavy atom. The molecule has 0 radical (unpaired) electrons. The van der Waals surface area contributed by atoms with Crippen LogP contribution in [-0.2, 0) is 11.2 Å². The molecule has 1 aliphatic rings. The highest BCUT2D eigenvalue weighted by atomic mass is 35.5. The summed E-state index contributed by atoms with van der Waals surface area (Å²) >= 11 is 6.37. The maximum absolute atomic E-state index is 10.4. The van der Waals surface area contributed by atoms with Crippen molar-refractivity contribution in [1.29, 1.82) is 0 Å². The second-order valence-corrected chi connectivity index (χ2v) is 8.46. The van der Waals surface area contributed by atoms with Gasteiger partial charge in [0.05, 0.1) is 18.9 Å². The summed E-state index contributed by atoms with van der Waals surface area (Å²) in [6.07, 6.45) is -1.21. The van der Waals surface area contributed by atoms with Crippen LogP contribution in [0, 0.1) is 0 Å². The van der Waals surface area contributed by atoms with E-state index in [4.69, 9.17) is 21.1 Å². The summed E-state index contributed by atoms with van der Waals surface area (Å²) in [5.41, 5.74) is 2.00. The first-order valence-corrected chi connectivity index (χ1v) is 11.4. The topological polar surface area (TPSA) is 125 Å². The van der Waals surface area contributed by atoms with Crippen molar-refractivity contribution in [2.24, 2.45) is 0 Å². The van der Waals surface area contributed by atoms with Crippen molar-refractivity contribution >= 4 is 11.6 Å². The third-order valence-electron chi connectivity index (χ3n) is 5.61. The summed E-state index contributed by atoms with van der Waals surface area (Å²) in [7, 11) is 0. The molecule has 1 saturated heterocycles. The Labute approximate surface area is 192 Å². The average Bonchev–Trinajstić information content (AvgIpc) is 2.80. The van der Waals surface area contributed by atoms with Crippen LogP contribution in [0.1, 0.15) is 55.5 Å². The van der Waals surface area contributed by atoms with Gasteiger partial charge in [-0.3, -0.25) is 0 Å². The molecule has 0 aliphatic carbocycles. The van der Waals surface area contributed by atoms with Gasteiger partial charge in [0.1, 0.15) is 30.5 Å². The van der Waals surface area contributed by atoms with Crippen LogP contribution >= 0.6 is 11.6 Å². The lowest BCUT2D eigenvalue weighted by Crippen LogP contribution is -2.55. The highest BCUT2D eigenvalue weighted by Crippen LogP contribution is 2.34. The molecule has 1 aromatic heterocycles. The number of halogens is 1. The Balaban J connectivity index is 1.67. The van der Waals surface area contributed by atoms with E-state index in [-0.39, 0.29) is 0 Å². The van der Waals surface area contributed by atoms with Gasteiger partial charge in [-0.1, -0.05) is 49.9 Å². The second kappa shape index (κ2) is 11.9. The molecule has 3 rings (SSSR count). The van der Waals surface area contributed by atoms with E-state index in [9.17, 15) is 20.4 Å². The summed E-state index contributed by atoms with van der Waals surface area (Å²) in [6.45, 7) is 2.29. The fraction of sp³-hybridized carbons (Fsp3) is 0.565. The van der Waals surface area contributed by atoms with Crippen molar-refractivity contribution in [3.8, 4) is 5.88 Å². The molecular formula is C23H31ClN2O6. The van der Waals surface area contributed by atoms with Crippen molar-refractivity contribution in [2.75, 3.05) is 13.2 Å². The first kappa shape index (κ1) is 24.8. The molecule has 0 bridgehead atoms. The summed E-state index contributed by atoms with van der Waals surface area (Å²) in [6, 6.07) is 8.71. The predicted octanol–water partition coefficient (Wildman–Crippen LogP) is 2.19. The first-order chi connectivity index (χ1) is 15.4. The van der Waals surface area contributed by atoms with E-state index >= 15 is 0 Å². The van der Waals surface area contributed by atoms with E-state index in [0.717, 1.165) is 18.4 Å². The van der Waals surface area contributed by atoms with Crippen molar-refractivity contribution in [1.82, 2.24) is 10.2 Å². The fourth-order valence-electron chi connectivity index (χ4n) is 3.70. The van der Waals surface area contributed by atoms with E-state index in [2.05, 4.69) is 17.1 Å². The largest absolute Gasteiger partial charge is 0.477 e. The zero-order chi connectivity index (χ0) is 23.1. The molecule has 176 valence electrons. The number of benzene rings is 1. The van der Waals surface area contributed by atoms with Crippen LogP contribution in [-0.4, -0.2) is 68.3 Å². The zero-order valence-corrected chi connectivity index (χ0v) is 18.9. The molecule has 1 fully saturated rings. The normalized spacial score (nSPS) is 25.6. The van der Waals surface area contributed by atoms with Crippen LogP contribution in [0.3, 0.4) is 0 Å². The van der Waals surface area contributed by atoms with Crippen LogP contribution in [0.15, 0.2) is 30.3 Å². The zero-order valence-electron chi connectivity index (χ0n) is 18.1. The molecule has 0 amide bonds. The number of rotatable bonds is 10. The van der Waals surface area contributed by atoms with Gasteiger partial charge in [0, 0.05) is 17.5 Å². The molecular weight excluding hydrogens is 436 g/mol. The third kappa shape index (κ3) is 6.15. The lowest BCUT2D eigenvalue weighted by atomic mass is 9.90. The molecule has 0 saturated carbocycles. The van der Waals surface area contributed by atoms with Crippen LogP contribution in [0.5, 0.6) is 5.88 Å². The summed E-state index contributed by atoms with van der Waals surface area (Å²) in [4.78, 5) is 0. The van der Waals surface area contributed by atoms with Gasteiger partial charge in [-0.05, 0) is 29.7 Å². The Kier molecular flexibility index (Phi) is 9.22. The van der Waals surface area contributed by atoms with E-state index in [0.29, 0.717) is 35.2 Å². The van der Waals surface area contributed by atoms with Gasteiger partial charge in [-0.25, -0.2) is 0 Å². The lowest BCUT2D eigenvalue weighted by Gasteiger charge is -2.40. The van der Waals surface area contributed by atoms with Crippen molar-refractivity contribution in [3.63, 3.8) is 0 Å². The van der Waals surface area contributed by atoms with Crippen molar-refractivity contribution in [3.05, 3.63) is 52.2 Å². The molecule has 5 atom stereocenters. The number of unbranched alkanes of at least 4 members (excludes halogenated alkanes) is 3. The number of ether oxygens (including phenoxy) is 2. The SMILES string of the molecule is CCCCCCOc1ccc(Cc2cc([C@@H]3O[C@H](CO)[C@@H](O)[C@H](O)[C@H]3O)ccc2Cl)nn1. The molecule has 2 aromatic rings. The number of nitrogens with zero attached hydrogens (tertiary/aromatic N) is 2. The summed E-state index contributed by atoms with van der Waals surface area (Å²) < 4.78 is 11.3. The van der Waals surface area contributed by atoms with Crippen LogP contribution < -0.4 is 4.74 Å². The first-order valence-electron chi connectivity index (χ1n) is 11.0. The number of hydrogen-bond donors (Lipinski definition) is 4. The standard InChI is InChI=1S/C23H31ClN2O6/c1-2-3-4-5-10-31-19-9-7-16(25-26-19)12-15-11-14(6-8-17(15)24)23-22(30)21(29)20(28)18(13-27)32-23/h6-9,11,18,20-23,27-30H,2-5,10,12-13H2,1H3/t18-,20-,21+,22-,23+/m1/s1. The quantitative estimate of drug-likeness (QED) is 0.393. The third-order valence-corrected chi connectivity index (χ3v) is 5.97. The van der Waals surface area contributed by atoms with E-state index in [1.165, 1.54) is 12.8 Å². The number of aromatic nitrogens is 2. The molecule has 1 aromatic carbocycles. The molecule has 4 N–H and O–H groups in total. The van der Waals surface area contributed by atoms with Gasteiger partial charge < -0.3 is 29.9 Å². The predicted molar refractivity (Wildman–Crippen MR) is 119 cm³/mol. The molecule has 9 heteroatoms. The van der Waals surface area contributed by atoms with E-state index in [1.54, 1.807) is 24.3 Å². The Hall–Kier alpha value is -1.81. The minimum absolute atomic E-state index is 0.397. The highest BCUT2D eigenvalue weighted by molar-refractivity contribution is 6.31. The van der Waals surface area contributed by atoms with Crippen molar-refractivity contribution < 1.29 is 29.9 Å². The number of aliphatic hydroxyl groups is 4. The average molecular weight is 467 g/mol. The Morgan fingerprint density at radius 1 is 1.00 bits per heavy atom. The molecule has 2 heterocycles. The van der Waals surface area contributed by atoms with Crippen molar-refractivity contribution in [2.45, 2.75) is 69.5 Å². The fourth-order valence-corrected chi connectivity index (χ4v) is 3.89. The van der Waals surface area contributed by atoms with Gasteiger partial charge in [0.15, 0.2) is 0 Å². The van der Waals surface area contributed by atoms with Gasteiger partial charge in [0.25, 0.3) is 0 Å². The lowest BCUT2D eigenvalue weighted by molar-refractivity contribution is -0.231. The maximum Gasteiger partial charge on any atom is 0.233 e. The van der Waals surface area contributed by atoms with Gasteiger partial charge in [-0.2, -0.15) is 5.10 Å². The minimum Gasteiger partial charge on any atom is -0.477 e. The van der Waals surface area contributed by atoms with Gasteiger partial charge >= 0.3 is 0 Å². The van der Waals surface area contributed by atoms with Gasteiger partial charge in [-0.15, -0.1) is 5.10 Å². The molecule has 32 heavy (non-hydrogen) atoms. The Bertz CT molecular complexity index is 851. The smallest absolute Gasteiger partial charge is 0.233 e. The van der Waals surface area contributed by atoms with Gasteiger partial charge in [0.2, 0.25) is 5.88 Å². The molecule has 1 aliphatic heterocycles. The molecule has 8 nitrogen and oxygen atoms in total. The van der Waals surface area contributed by atoms with E-state index < -0.39 is 37.1 Å². The maximum atomic E-state index is 10.4. The number of hydrogen-bond acceptors (Lipinski definition) is 8. The molecule has 0 unspecified atom stereocenters. The Morgan fingerprint density at radius 3 is 2.50 bits per heavy atom. The summed E-state index contributed by atoms with van der Waals surface area (Å²) in [5, 5.41) is 48.7. The van der Waals surface area contributed by atoms with Crippen LogP contribution in [0.4, 0.5) is 0 Å². The monoisotopic (exact) mass is 466 g/mol. The van der Waals surface area contributed by atoms with Crippen LogP contribution in [0.25, 0.3) is 0 Å². The minimum atomic E-state index is -1.44. The van der Waals surface area contributed by atoms with Crippen LogP contribution in [0.2, 0.25) is 5.02 Å². The van der Waals surface area contributed by atoms with E-state index in [1.807, 2.05) is 6.07 Å². The second-order valence-electron chi connectivity index (χ2n) is 8.05. The number of aliphatic hydroxyl groups excluding tert-OH is 4.